The molecule has 13 heteroatoms. The lowest BCUT2D eigenvalue weighted by molar-refractivity contribution is 0.0815. The van der Waals surface area contributed by atoms with Gasteiger partial charge >= 0.3 is 0 Å². The minimum Gasteiger partial charge on any atom is -0.484 e. The van der Waals surface area contributed by atoms with E-state index in [0.29, 0.717) is 5.56 Å². The Kier molecular flexibility index (Phi) is 7.70. The second-order valence-corrected chi connectivity index (χ2v) is 11.7. The number of nitriles is 1. The van der Waals surface area contributed by atoms with E-state index in [1.807, 2.05) is 6.07 Å². The van der Waals surface area contributed by atoms with Crippen molar-refractivity contribution in [3.63, 3.8) is 0 Å². The van der Waals surface area contributed by atoms with Gasteiger partial charge in [0.15, 0.2) is 23.0 Å². The highest BCUT2D eigenvalue weighted by atomic mass is 32.2. The summed E-state index contributed by atoms with van der Waals surface area (Å²) in [6.07, 6.45) is -0.165. The average Bonchev–Trinajstić information content (AvgIpc) is 3.33. The van der Waals surface area contributed by atoms with Crippen LogP contribution in [0.25, 0.3) is 22.8 Å². The number of aromatic nitrogens is 3. The summed E-state index contributed by atoms with van der Waals surface area (Å²) in [7, 11) is -1.78. The third-order valence-electron chi connectivity index (χ3n) is 5.47. The summed E-state index contributed by atoms with van der Waals surface area (Å²) in [4.78, 5) is 8.07. The molecule has 192 valence electrons. The van der Waals surface area contributed by atoms with Gasteiger partial charge in [0.2, 0.25) is 0 Å². The van der Waals surface area contributed by atoms with E-state index in [2.05, 4.69) is 19.5 Å². The average molecular weight is 523 g/mol. The molecule has 0 spiro atoms. The van der Waals surface area contributed by atoms with Crippen molar-refractivity contribution in [1.29, 1.82) is 5.26 Å². The van der Waals surface area contributed by atoms with Crippen LogP contribution in [0.2, 0.25) is 0 Å². The summed E-state index contributed by atoms with van der Waals surface area (Å²) in [6, 6.07) is 7.63. The molecule has 36 heavy (non-hydrogen) atoms. The molecule has 2 aromatic heterocycles. The van der Waals surface area contributed by atoms with Crippen molar-refractivity contribution in [2.45, 2.75) is 37.5 Å². The molecule has 0 aliphatic carbocycles. The summed E-state index contributed by atoms with van der Waals surface area (Å²) < 4.78 is 65.7. The Labute approximate surface area is 206 Å². The Morgan fingerprint density at radius 1 is 1.25 bits per heavy atom. The standard InChI is InChI=1S/C23H25F3N6O3S/c1-22(2,12-27)36(33,29-4)13-23(3,28)16-7-14(5-6-17(16)24)19-8-18(32-35-19)21-30-9-15(10-31-21)34-11-20(25)26/h5-10,20H,11,13,28H2,1-4H3. The maximum absolute atomic E-state index is 14.9. The zero-order valence-electron chi connectivity index (χ0n) is 20.0. The molecule has 0 bridgehead atoms. The van der Waals surface area contributed by atoms with E-state index in [1.165, 1.54) is 64.5 Å². The number of rotatable bonds is 9. The quantitative estimate of drug-likeness (QED) is 0.442. The monoisotopic (exact) mass is 522 g/mol. The molecular formula is C23H25F3N6O3S. The van der Waals surface area contributed by atoms with E-state index in [1.54, 1.807) is 0 Å². The van der Waals surface area contributed by atoms with Crippen LogP contribution in [0.15, 0.2) is 45.5 Å². The summed E-state index contributed by atoms with van der Waals surface area (Å²) >= 11 is 0. The van der Waals surface area contributed by atoms with Gasteiger partial charge in [0.1, 0.15) is 17.2 Å². The fourth-order valence-corrected chi connectivity index (χ4v) is 5.40. The zero-order valence-corrected chi connectivity index (χ0v) is 20.9. The number of ether oxygens (including phenoxy) is 1. The molecule has 0 saturated carbocycles. The van der Waals surface area contributed by atoms with Crippen LogP contribution in [0.3, 0.4) is 0 Å². The van der Waals surface area contributed by atoms with Gasteiger partial charge in [-0.1, -0.05) is 5.16 Å². The number of nitrogens with zero attached hydrogens (tertiary/aromatic N) is 5. The van der Waals surface area contributed by atoms with E-state index in [4.69, 9.17) is 15.0 Å². The van der Waals surface area contributed by atoms with Gasteiger partial charge in [-0.15, -0.1) is 0 Å². The van der Waals surface area contributed by atoms with Crippen LogP contribution in [0.1, 0.15) is 26.3 Å². The molecule has 2 unspecified atom stereocenters. The molecule has 3 aromatic rings. The van der Waals surface area contributed by atoms with Crippen molar-refractivity contribution in [1.82, 2.24) is 15.1 Å². The van der Waals surface area contributed by atoms with Gasteiger partial charge in [0, 0.05) is 24.2 Å². The minimum atomic E-state index is -3.13. The Balaban J connectivity index is 1.90. The van der Waals surface area contributed by atoms with Crippen LogP contribution in [-0.4, -0.2) is 49.9 Å². The van der Waals surface area contributed by atoms with Gasteiger partial charge in [-0.05, 0) is 39.0 Å². The SMILES string of the molecule is CN=S(=O)(CC(C)(N)c1cc(-c2cc(-c3ncc(OCC(F)F)cn3)no2)ccc1F)C(C)(C)C#N. The number of halogens is 3. The lowest BCUT2D eigenvalue weighted by atomic mass is 9.92. The van der Waals surface area contributed by atoms with E-state index >= 15 is 0 Å². The second-order valence-electron chi connectivity index (χ2n) is 8.72. The predicted octanol–water partition coefficient (Wildman–Crippen LogP) is 4.16. The van der Waals surface area contributed by atoms with Gasteiger partial charge in [-0.2, -0.15) is 5.26 Å². The molecule has 1 aromatic carbocycles. The number of hydrogen-bond donors (Lipinski definition) is 1. The first-order valence-electron chi connectivity index (χ1n) is 10.6. The molecule has 9 nitrogen and oxygen atoms in total. The Bertz CT molecular complexity index is 1390. The first kappa shape index (κ1) is 27.1. The van der Waals surface area contributed by atoms with E-state index in [-0.39, 0.29) is 34.3 Å². The molecule has 0 aliphatic rings. The number of benzene rings is 1. The van der Waals surface area contributed by atoms with Gasteiger partial charge in [-0.25, -0.2) is 31.7 Å². The molecule has 0 amide bonds. The Morgan fingerprint density at radius 2 is 1.92 bits per heavy atom. The van der Waals surface area contributed by atoms with Gasteiger partial charge in [0.05, 0.1) is 39.5 Å². The fraction of sp³-hybridized carbons (Fsp3) is 0.391. The Hall–Kier alpha value is -3.50. The van der Waals surface area contributed by atoms with E-state index in [0.717, 1.165) is 0 Å². The number of nitrogens with two attached hydrogens (primary N) is 1. The van der Waals surface area contributed by atoms with E-state index in [9.17, 15) is 22.6 Å². The normalized spacial score (nSPS) is 15.1. The molecule has 0 fully saturated rings. The largest absolute Gasteiger partial charge is 0.484 e. The van der Waals surface area contributed by atoms with Crippen LogP contribution in [0, 0.1) is 17.1 Å². The number of hydrogen-bond acceptors (Lipinski definition) is 9. The van der Waals surface area contributed by atoms with Crippen LogP contribution in [0.4, 0.5) is 13.2 Å². The van der Waals surface area contributed by atoms with Crippen LogP contribution < -0.4 is 10.5 Å². The molecule has 0 aliphatic heterocycles. The van der Waals surface area contributed by atoms with Crippen molar-refractivity contribution >= 4 is 9.73 Å². The highest BCUT2D eigenvalue weighted by molar-refractivity contribution is 7.95. The molecule has 2 atom stereocenters. The minimum absolute atomic E-state index is 0.0554. The van der Waals surface area contributed by atoms with Crippen molar-refractivity contribution < 1.29 is 26.6 Å². The maximum atomic E-state index is 14.9. The molecule has 3 rings (SSSR count). The summed E-state index contributed by atoms with van der Waals surface area (Å²) in [5.41, 5.74) is 5.73. The number of alkyl halides is 2. The van der Waals surface area contributed by atoms with Gasteiger partial charge in [0.25, 0.3) is 6.43 Å². The summed E-state index contributed by atoms with van der Waals surface area (Å²) in [5.74, 6) is -0.403. The van der Waals surface area contributed by atoms with Gasteiger partial charge < -0.3 is 15.0 Å². The first-order valence-corrected chi connectivity index (χ1v) is 12.3. The van der Waals surface area contributed by atoms with Crippen LogP contribution in [0.5, 0.6) is 5.75 Å². The third kappa shape index (κ3) is 5.66. The summed E-state index contributed by atoms with van der Waals surface area (Å²) in [5, 5.41) is 13.4. The lowest BCUT2D eigenvalue weighted by Crippen LogP contribution is -2.46. The molecule has 2 heterocycles. The third-order valence-corrected chi connectivity index (χ3v) is 8.73. The summed E-state index contributed by atoms with van der Waals surface area (Å²) in [6.45, 7) is 3.74. The lowest BCUT2D eigenvalue weighted by Gasteiger charge is -2.31. The maximum Gasteiger partial charge on any atom is 0.272 e. The topological polar surface area (TPSA) is 140 Å². The Morgan fingerprint density at radius 3 is 2.50 bits per heavy atom. The van der Waals surface area contributed by atoms with Crippen LogP contribution >= 0.6 is 0 Å². The fourth-order valence-electron chi connectivity index (χ4n) is 3.34. The zero-order chi connectivity index (χ0) is 26.7. The van der Waals surface area contributed by atoms with Crippen molar-refractivity contribution in [2.24, 2.45) is 10.1 Å². The smallest absolute Gasteiger partial charge is 0.272 e. The first-order chi connectivity index (χ1) is 16.8. The molecular weight excluding hydrogens is 497 g/mol. The predicted molar refractivity (Wildman–Crippen MR) is 127 cm³/mol. The molecule has 0 radical (unpaired) electrons. The second kappa shape index (κ2) is 10.2. The van der Waals surface area contributed by atoms with Crippen molar-refractivity contribution in [2.75, 3.05) is 19.4 Å². The van der Waals surface area contributed by atoms with Crippen molar-refractivity contribution in [3.8, 4) is 34.7 Å². The van der Waals surface area contributed by atoms with Crippen LogP contribution in [-0.2, 0) is 15.3 Å². The molecule has 2 N–H and O–H groups in total. The molecule has 0 saturated heterocycles. The van der Waals surface area contributed by atoms with Crippen molar-refractivity contribution in [3.05, 3.63) is 48.0 Å². The highest BCUT2D eigenvalue weighted by Gasteiger charge is 2.39. The highest BCUT2D eigenvalue weighted by Crippen LogP contribution is 2.33. The van der Waals surface area contributed by atoms with Gasteiger partial charge in [-0.3, -0.25) is 0 Å². The van der Waals surface area contributed by atoms with E-state index < -0.39 is 38.9 Å².